The van der Waals surface area contributed by atoms with Crippen LogP contribution >= 0.6 is 23.2 Å². The molecule has 3 N–H and O–H groups in total. The van der Waals surface area contributed by atoms with Crippen LogP contribution in [0.3, 0.4) is 0 Å². The summed E-state index contributed by atoms with van der Waals surface area (Å²) in [5.74, 6) is 0.668. The standard InChI is InChI=1S/C14H21Cl2NO3/c1-9(2)13(19)7-17-6-11(18)8-20-14-4-3-10(15)5-12(14)16/h3-5,9,11,13,17-19H,6-8H2,1-2H3. The van der Waals surface area contributed by atoms with Crippen molar-refractivity contribution in [2.45, 2.75) is 26.1 Å². The van der Waals surface area contributed by atoms with Crippen molar-refractivity contribution in [1.82, 2.24) is 5.32 Å². The zero-order valence-corrected chi connectivity index (χ0v) is 13.2. The minimum Gasteiger partial charge on any atom is -0.489 e. The minimum absolute atomic E-state index is 0.117. The van der Waals surface area contributed by atoms with Crippen LogP contribution in [0.4, 0.5) is 0 Å². The van der Waals surface area contributed by atoms with Gasteiger partial charge in [-0.25, -0.2) is 0 Å². The molecule has 2 atom stereocenters. The summed E-state index contributed by atoms with van der Waals surface area (Å²) in [6.45, 7) is 4.78. The van der Waals surface area contributed by atoms with E-state index in [4.69, 9.17) is 27.9 Å². The predicted octanol–water partition coefficient (Wildman–Crippen LogP) is 2.34. The zero-order valence-electron chi connectivity index (χ0n) is 11.6. The summed E-state index contributed by atoms with van der Waals surface area (Å²) in [6, 6.07) is 4.92. The highest BCUT2D eigenvalue weighted by atomic mass is 35.5. The van der Waals surface area contributed by atoms with Crippen molar-refractivity contribution >= 4 is 23.2 Å². The molecule has 0 radical (unpaired) electrons. The average Bonchev–Trinajstić information content (AvgIpc) is 2.37. The molecule has 0 amide bonds. The number of hydrogen-bond acceptors (Lipinski definition) is 4. The number of benzene rings is 1. The molecular formula is C14H21Cl2NO3. The Balaban J connectivity index is 2.27. The Morgan fingerprint density at radius 3 is 2.50 bits per heavy atom. The molecule has 1 aromatic rings. The zero-order chi connectivity index (χ0) is 15.1. The number of rotatable bonds is 8. The first kappa shape index (κ1) is 17.5. The lowest BCUT2D eigenvalue weighted by Gasteiger charge is -2.17. The summed E-state index contributed by atoms with van der Waals surface area (Å²) in [5, 5.41) is 23.3. The number of halogens is 2. The summed E-state index contributed by atoms with van der Waals surface area (Å²) < 4.78 is 5.42. The first-order chi connectivity index (χ1) is 9.40. The van der Waals surface area contributed by atoms with Gasteiger partial charge in [0.05, 0.1) is 11.1 Å². The van der Waals surface area contributed by atoms with Crippen molar-refractivity contribution in [3.63, 3.8) is 0 Å². The van der Waals surface area contributed by atoms with Gasteiger partial charge in [-0.2, -0.15) is 0 Å². The maximum absolute atomic E-state index is 9.77. The van der Waals surface area contributed by atoms with E-state index in [1.54, 1.807) is 18.2 Å². The second-order valence-electron chi connectivity index (χ2n) is 5.01. The largest absolute Gasteiger partial charge is 0.489 e. The summed E-state index contributed by atoms with van der Waals surface area (Å²) in [5.41, 5.74) is 0. The summed E-state index contributed by atoms with van der Waals surface area (Å²) in [4.78, 5) is 0. The lowest BCUT2D eigenvalue weighted by molar-refractivity contribution is 0.0909. The van der Waals surface area contributed by atoms with Crippen LogP contribution < -0.4 is 10.1 Å². The molecule has 1 rings (SSSR count). The molecule has 0 aromatic heterocycles. The second kappa shape index (κ2) is 8.70. The van der Waals surface area contributed by atoms with Crippen LogP contribution in [0.5, 0.6) is 5.75 Å². The molecule has 2 unspecified atom stereocenters. The van der Waals surface area contributed by atoms with E-state index in [1.165, 1.54) is 0 Å². The van der Waals surface area contributed by atoms with Crippen molar-refractivity contribution in [1.29, 1.82) is 0 Å². The van der Waals surface area contributed by atoms with Gasteiger partial charge < -0.3 is 20.3 Å². The molecule has 0 bridgehead atoms. The van der Waals surface area contributed by atoms with E-state index in [-0.39, 0.29) is 12.5 Å². The maximum atomic E-state index is 9.77. The van der Waals surface area contributed by atoms with Crippen molar-refractivity contribution in [2.75, 3.05) is 19.7 Å². The highest BCUT2D eigenvalue weighted by Crippen LogP contribution is 2.27. The number of ether oxygens (including phenoxy) is 1. The third kappa shape index (κ3) is 6.29. The van der Waals surface area contributed by atoms with Gasteiger partial charge in [-0.1, -0.05) is 37.0 Å². The predicted molar refractivity (Wildman–Crippen MR) is 81.7 cm³/mol. The van der Waals surface area contributed by atoms with Crippen LogP contribution in [0.2, 0.25) is 10.0 Å². The van der Waals surface area contributed by atoms with E-state index < -0.39 is 12.2 Å². The van der Waals surface area contributed by atoms with E-state index in [0.29, 0.717) is 28.9 Å². The quantitative estimate of drug-likeness (QED) is 0.687. The Labute approximate surface area is 129 Å². The van der Waals surface area contributed by atoms with Gasteiger partial charge in [0.15, 0.2) is 0 Å². The van der Waals surface area contributed by atoms with Gasteiger partial charge in [0.25, 0.3) is 0 Å². The van der Waals surface area contributed by atoms with E-state index in [0.717, 1.165) is 0 Å². The van der Waals surface area contributed by atoms with Crippen LogP contribution in [-0.4, -0.2) is 42.1 Å². The molecule has 0 fully saturated rings. The second-order valence-corrected chi connectivity index (χ2v) is 5.85. The van der Waals surface area contributed by atoms with Crippen LogP contribution in [-0.2, 0) is 0 Å². The van der Waals surface area contributed by atoms with Gasteiger partial charge in [0, 0.05) is 18.1 Å². The van der Waals surface area contributed by atoms with Gasteiger partial charge in [-0.05, 0) is 24.1 Å². The highest BCUT2D eigenvalue weighted by Gasteiger charge is 2.11. The van der Waals surface area contributed by atoms with E-state index in [9.17, 15) is 10.2 Å². The van der Waals surface area contributed by atoms with Crippen LogP contribution in [0.25, 0.3) is 0 Å². The Hall–Kier alpha value is -0.520. The molecule has 20 heavy (non-hydrogen) atoms. The van der Waals surface area contributed by atoms with Gasteiger partial charge in [0.1, 0.15) is 18.5 Å². The smallest absolute Gasteiger partial charge is 0.138 e. The Kier molecular flexibility index (Phi) is 7.62. The average molecular weight is 322 g/mol. The van der Waals surface area contributed by atoms with Gasteiger partial charge in [-0.3, -0.25) is 0 Å². The Morgan fingerprint density at radius 1 is 1.20 bits per heavy atom. The van der Waals surface area contributed by atoms with Crippen molar-refractivity contribution in [2.24, 2.45) is 5.92 Å². The molecule has 114 valence electrons. The summed E-state index contributed by atoms with van der Waals surface area (Å²) in [6.07, 6.45) is -1.10. The molecule has 1 aromatic carbocycles. The third-order valence-electron chi connectivity index (χ3n) is 2.83. The fourth-order valence-electron chi connectivity index (χ4n) is 1.47. The monoisotopic (exact) mass is 321 g/mol. The molecule has 0 aliphatic rings. The first-order valence-corrected chi connectivity index (χ1v) is 7.30. The molecular weight excluding hydrogens is 301 g/mol. The van der Waals surface area contributed by atoms with Crippen LogP contribution in [0.1, 0.15) is 13.8 Å². The number of hydrogen-bond donors (Lipinski definition) is 3. The van der Waals surface area contributed by atoms with E-state index in [2.05, 4.69) is 5.32 Å². The molecule has 6 heteroatoms. The highest BCUT2D eigenvalue weighted by molar-refractivity contribution is 6.35. The van der Waals surface area contributed by atoms with Crippen molar-refractivity contribution in [3.05, 3.63) is 28.2 Å². The fourth-order valence-corrected chi connectivity index (χ4v) is 1.93. The minimum atomic E-state index is -0.680. The molecule has 0 aliphatic heterocycles. The fraction of sp³-hybridized carbons (Fsp3) is 0.571. The van der Waals surface area contributed by atoms with Crippen molar-refractivity contribution < 1.29 is 14.9 Å². The van der Waals surface area contributed by atoms with Crippen LogP contribution in [0.15, 0.2) is 18.2 Å². The number of nitrogens with one attached hydrogen (secondary N) is 1. The lowest BCUT2D eigenvalue weighted by Crippen LogP contribution is -2.37. The van der Waals surface area contributed by atoms with Gasteiger partial charge in [-0.15, -0.1) is 0 Å². The van der Waals surface area contributed by atoms with Crippen LogP contribution in [0, 0.1) is 5.92 Å². The number of aliphatic hydroxyl groups is 2. The number of aliphatic hydroxyl groups excluding tert-OH is 2. The molecule has 0 aliphatic carbocycles. The Morgan fingerprint density at radius 2 is 1.90 bits per heavy atom. The van der Waals surface area contributed by atoms with Gasteiger partial charge >= 0.3 is 0 Å². The summed E-state index contributed by atoms with van der Waals surface area (Å²) >= 11 is 11.7. The normalized spacial score (nSPS) is 14.3. The maximum Gasteiger partial charge on any atom is 0.138 e. The lowest BCUT2D eigenvalue weighted by atomic mass is 10.1. The van der Waals surface area contributed by atoms with Crippen molar-refractivity contribution in [3.8, 4) is 5.75 Å². The first-order valence-electron chi connectivity index (χ1n) is 6.55. The molecule has 0 saturated heterocycles. The van der Waals surface area contributed by atoms with Gasteiger partial charge in [0.2, 0.25) is 0 Å². The van der Waals surface area contributed by atoms with E-state index >= 15 is 0 Å². The molecule has 0 saturated carbocycles. The molecule has 0 spiro atoms. The topological polar surface area (TPSA) is 61.7 Å². The molecule has 0 heterocycles. The SMILES string of the molecule is CC(C)C(O)CNCC(O)COc1ccc(Cl)cc1Cl. The molecule has 4 nitrogen and oxygen atoms in total. The summed E-state index contributed by atoms with van der Waals surface area (Å²) in [7, 11) is 0. The Bertz CT molecular complexity index is 415. The third-order valence-corrected chi connectivity index (χ3v) is 3.36. The van der Waals surface area contributed by atoms with E-state index in [1.807, 2.05) is 13.8 Å².